The topological polar surface area (TPSA) is 17.8 Å². The Balaban J connectivity index is 2.09. The Morgan fingerprint density at radius 1 is 1.44 bits per heavy atom. The molecule has 0 N–H and O–H groups in total. The third-order valence-electron chi connectivity index (χ3n) is 4.01. The van der Waals surface area contributed by atoms with Gasteiger partial charge in [0.15, 0.2) is 0 Å². The normalized spacial score (nSPS) is 17.9. The van der Waals surface area contributed by atoms with Gasteiger partial charge in [0.2, 0.25) is 0 Å². The summed E-state index contributed by atoms with van der Waals surface area (Å²) >= 11 is 9.57. The van der Waals surface area contributed by atoms with Crippen molar-refractivity contribution in [3.63, 3.8) is 0 Å². The fourth-order valence-corrected chi connectivity index (χ4v) is 3.30. The van der Waals surface area contributed by atoms with Crippen molar-refractivity contribution in [1.29, 1.82) is 0 Å². The molecular formula is C14H16BrClN2. The molecule has 1 saturated carbocycles. The molecule has 1 aromatic carbocycles. The van der Waals surface area contributed by atoms with Crippen LogP contribution in [0, 0.1) is 5.41 Å². The van der Waals surface area contributed by atoms with Crippen molar-refractivity contribution in [2.75, 3.05) is 0 Å². The maximum Gasteiger partial charge on any atom is 0.124 e. The van der Waals surface area contributed by atoms with Crippen LogP contribution in [0.25, 0.3) is 11.0 Å². The number of benzene rings is 1. The molecule has 0 bridgehead atoms. The van der Waals surface area contributed by atoms with E-state index in [0.717, 1.165) is 22.4 Å². The van der Waals surface area contributed by atoms with E-state index in [1.54, 1.807) is 0 Å². The number of alkyl halides is 1. The van der Waals surface area contributed by atoms with E-state index in [4.69, 9.17) is 11.6 Å². The van der Waals surface area contributed by atoms with Crippen LogP contribution in [0.15, 0.2) is 22.7 Å². The molecule has 0 radical (unpaired) electrons. The van der Waals surface area contributed by atoms with Crippen molar-refractivity contribution in [1.82, 2.24) is 9.55 Å². The predicted octanol–water partition coefficient (Wildman–Crippen LogP) is 4.73. The summed E-state index contributed by atoms with van der Waals surface area (Å²) in [6.45, 7) is 3.39. The van der Waals surface area contributed by atoms with Crippen LogP contribution in [0.1, 0.15) is 32.0 Å². The number of halogens is 2. The van der Waals surface area contributed by atoms with Gasteiger partial charge in [-0.2, -0.15) is 0 Å². The number of aromatic nitrogens is 2. The first kappa shape index (κ1) is 12.5. The Bertz CT molecular complexity index is 587. The molecule has 96 valence electrons. The van der Waals surface area contributed by atoms with Crippen LogP contribution < -0.4 is 0 Å². The van der Waals surface area contributed by atoms with E-state index in [2.05, 4.69) is 44.5 Å². The third-order valence-corrected chi connectivity index (χ3v) is 4.74. The first-order valence-electron chi connectivity index (χ1n) is 6.32. The number of hydrogen-bond acceptors (Lipinski definition) is 1. The molecule has 0 unspecified atom stereocenters. The Labute approximate surface area is 120 Å². The van der Waals surface area contributed by atoms with Gasteiger partial charge in [-0.05, 0) is 36.5 Å². The Morgan fingerprint density at radius 3 is 2.83 bits per heavy atom. The van der Waals surface area contributed by atoms with Gasteiger partial charge >= 0.3 is 0 Å². The molecule has 1 heterocycles. The summed E-state index contributed by atoms with van der Waals surface area (Å²) in [4.78, 5) is 4.63. The highest BCUT2D eigenvalue weighted by molar-refractivity contribution is 9.10. The molecule has 3 rings (SSSR count). The lowest BCUT2D eigenvalue weighted by Gasteiger charge is -2.39. The highest BCUT2D eigenvalue weighted by Crippen LogP contribution is 2.42. The summed E-state index contributed by atoms with van der Waals surface area (Å²) in [5, 5.41) is 0. The second kappa shape index (κ2) is 4.53. The maximum atomic E-state index is 6.04. The molecule has 1 aliphatic rings. The number of hydrogen-bond donors (Lipinski definition) is 0. The van der Waals surface area contributed by atoms with Crippen LogP contribution in [0.2, 0.25) is 0 Å². The van der Waals surface area contributed by atoms with Gasteiger partial charge in [-0.25, -0.2) is 4.98 Å². The molecule has 4 heteroatoms. The number of fused-ring (bicyclic) bond motifs is 1. The van der Waals surface area contributed by atoms with Crippen LogP contribution in [0.4, 0.5) is 0 Å². The fraction of sp³-hybridized carbons (Fsp3) is 0.500. The van der Waals surface area contributed by atoms with Crippen molar-refractivity contribution in [2.45, 2.75) is 38.6 Å². The summed E-state index contributed by atoms with van der Waals surface area (Å²) in [7, 11) is 0. The van der Waals surface area contributed by atoms with Crippen molar-refractivity contribution in [2.24, 2.45) is 5.41 Å². The lowest BCUT2D eigenvalue weighted by molar-refractivity contribution is 0.133. The molecule has 0 spiro atoms. The van der Waals surface area contributed by atoms with Gasteiger partial charge in [-0.15, -0.1) is 11.6 Å². The first-order chi connectivity index (χ1) is 8.61. The minimum absolute atomic E-state index is 0.427. The molecule has 0 amide bonds. The zero-order valence-electron chi connectivity index (χ0n) is 10.4. The third kappa shape index (κ3) is 2.08. The zero-order valence-corrected chi connectivity index (χ0v) is 12.8. The SMILES string of the molecule is CC1(Cn2c(CCl)nc3ccc(Br)cc32)CCC1. The van der Waals surface area contributed by atoms with Crippen molar-refractivity contribution >= 4 is 38.6 Å². The van der Waals surface area contributed by atoms with E-state index in [1.165, 1.54) is 24.8 Å². The molecule has 18 heavy (non-hydrogen) atoms. The van der Waals surface area contributed by atoms with Gasteiger partial charge in [0.05, 0.1) is 16.9 Å². The largest absolute Gasteiger partial charge is 0.326 e. The van der Waals surface area contributed by atoms with E-state index < -0.39 is 0 Å². The molecule has 2 nitrogen and oxygen atoms in total. The quantitative estimate of drug-likeness (QED) is 0.745. The highest BCUT2D eigenvalue weighted by atomic mass is 79.9. The molecule has 0 aliphatic heterocycles. The Morgan fingerprint density at radius 2 is 2.22 bits per heavy atom. The summed E-state index contributed by atoms with van der Waals surface area (Å²) in [6.07, 6.45) is 3.97. The molecule has 0 atom stereocenters. The van der Waals surface area contributed by atoms with Crippen molar-refractivity contribution in [3.05, 3.63) is 28.5 Å². The van der Waals surface area contributed by atoms with Gasteiger partial charge in [0, 0.05) is 11.0 Å². The number of imidazole rings is 1. The van der Waals surface area contributed by atoms with Crippen LogP contribution in [0.5, 0.6) is 0 Å². The van der Waals surface area contributed by atoms with Gasteiger partial charge in [0.1, 0.15) is 5.82 Å². The van der Waals surface area contributed by atoms with Crippen LogP contribution >= 0.6 is 27.5 Å². The van der Waals surface area contributed by atoms with Gasteiger partial charge < -0.3 is 4.57 Å². The van der Waals surface area contributed by atoms with Crippen molar-refractivity contribution < 1.29 is 0 Å². The molecule has 1 aliphatic carbocycles. The van der Waals surface area contributed by atoms with E-state index in [1.807, 2.05) is 6.07 Å². The average molecular weight is 328 g/mol. The highest BCUT2D eigenvalue weighted by Gasteiger charge is 2.33. The Hall–Kier alpha value is -0.540. The lowest BCUT2D eigenvalue weighted by atomic mass is 9.70. The standard InChI is InChI=1S/C14H16BrClN2/c1-14(5-2-6-14)9-18-12-7-10(15)3-4-11(12)17-13(18)8-16/h3-4,7H,2,5-6,8-9H2,1H3. The van der Waals surface area contributed by atoms with Gasteiger partial charge in [-0.3, -0.25) is 0 Å². The molecule has 0 saturated heterocycles. The smallest absolute Gasteiger partial charge is 0.124 e. The molecule has 1 aromatic heterocycles. The monoisotopic (exact) mass is 326 g/mol. The molecular weight excluding hydrogens is 312 g/mol. The Kier molecular flexibility index (Phi) is 3.15. The maximum absolute atomic E-state index is 6.04. The van der Waals surface area contributed by atoms with Gasteiger partial charge in [0.25, 0.3) is 0 Å². The fourth-order valence-electron chi connectivity index (χ4n) is 2.74. The summed E-state index contributed by atoms with van der Waals surface area (Å²) < 4.78 is 3.39. The summed E-state index contributed by atoms with van der Waals surface area (Å²) in [5.74, 6) is 1.46. The first-order valence-corrected chi connectivity index (χ1v) is 7.65. The second-order valence-corrected chi connectivity index (χ2v) is 6.73. The van der Waals surface area contributed by atoms with Crippen molar-refractivity contribution in [3.8, 4) is 0 Å². The van der Waals surface area contributed by atoms with E-state index in [-0.39, 0.29) is 0 Å². The minimum atomic E-state index is 0.427. The lowest BCUT2D eigenvalue weighted by Crippen LogP contribution is -2.31. The number of nitrogens with zero attached hydrogens (tertiary/aromatic N) is 2. The molecule has 1 fully saturated rings. The molecule has 2 aromatic rings. The van der Waals surface area contributed by atoms with Crippen LogP contribution in [-0.2, 0) is 12.4 Å². The zero-order chi connectivity index (χ0) is 12.8. The van der Waals surface area contributed by atoms with E-state index in [0.29, 0.717) is 11.3 Å². The van der Waals surface area contributed by atoms with Crippen LogP contribution in [-0.4, -0.2) is 9.55 Å². The van der Waals surface area contributed by atoms with Gasteiger partial charge in [-0.1, -0.05) is 29.3 Å². The van der Waals surface area contributed by atoms with E-state index >= 15 is 0 Å². The van der Waals surface area contributed by atoms with Crippen LogP contribution in [0.3, 0.4) is 0 Å². The summed E-state index contributed by atoms with van der Waals surface area (Å²) in [6, 6.07) is 6.22. The minimum Gasteiger partial charge on any atom is -0.326 e. The average Bonchev–Trinajstić information content (AvgIpc) is 2.65. The predicted molar refractivity (Wildman–Crippen MR) is 78.9 cm³/mol. The second-order valence-electron chi connectivity index (χ2n) is 5.55. The number of rotatable bonds is 3. The summed E-state index contributed by atoms with van der Waals surface area (Å²) in [5.41, 5.74) is 2.65. The van der Waals surface area contributed by atoms with E-state index in [9.17, 15) is 0 Å².